The van der Waals surface area contributed by atoms with E-state index in [9.17, 15) is 8.78 Å². The van der Waals surface area contributed by atoms with Gasteiger partial charge in [0.25, 0.3) is 0 Å². The fourth-order valence-corrected chi connectivity index (χ4v) is 8.94. The van der Waals surface area contributed by atoms with Gasteiger partial charge in [0, 0.05) is 0 Å². The Morgan fingerprint density at radius 1 is 0.643 bits per heavy atom. The average Bonchev–Trinajstić information content (AvgIpc) is 2.74. The van der Waals surface area contributed by atoms with Crippen molar-refractivity contribution in [2.45, 2.75) is 73.2 Å². The van der Waals surface area contributed by atoms with E-state index in [1.54, 1.807) is 0 Å². The standard InChI is InChI=1S/C24H28F2S2/c25-21-13-7-15-23(17-21,19-9-3-1-4-10-19)27-28-24(16-8-14-22(26)18-24)20-11-5-2-6-12-20/h1-6,9-12,21-22H,7-8,13-18H2. The number of hydrogen-bond donors (Lipinski definition) is 0. The second-order valence-corrected chi connectivity index (χ2v) is 11.2. The van der Waals surface area contributed by atoms with E-state index in [1.165, 1.54) is 11.1 Å². The lowest BCUT2D eigenvalue weighted by Crippen LogP contribution is -2.33. The Balaban J connectivity index is 1.64. The molecule has 0 amide bonds. The minimum Gasteiger partial charge on any atom is -0.247 e. The Hall–Kier alpha value is -1.00. The molecule has 0 saturated heterocycles. The summed E-state index contributed by atoms with van der Waals surface area (Å²) in [6.07, 6.45) is 4.72. The van der Waals surface area contributed by atoms with Crippen molar-refractivity contribution in [2.75, 3.05) is 0 Å². The number of rotatable bonds is 5. The molecule has 0 aliphatic heterocycles. The highest BCUT2D eigenvalue weighted by molar-refractivity contribution is 8.77. The summed E-state index contributed by atoms with van der Waals surface area (Å²) in [4.78, 5) is 0. The van der Waals surface area contributed by atoms with Gasteiger partial charge in [0.05, 0.1) is 9.49 Å². The number of hydrogen-bond acceptors (Lipinski definition) is 2. The van der Waals surface area contributed by atoms with Gasteiger partial charge in [0.1, 0.15) is 12.3 Å². The molecule has 4 atom stereocenters. The van der Waals surface area contributed by atoms with Crippen molar-refractivity contribution in [1.29, 1.82) is 0 Å². The van der Waals surface area contributed by atoms with Gasteiger partial charge < -0.3 is 0 Å². The van der Waals surface area contributed by atoms with Crippen LogP contribution in [-0.2, 0) is 9.49 Å². The molecule has 2 aromatic carbocycles. The largest absolute Gasteiger partial charge is 0.247 e. The van der Waals surface area contributed by atoms with Gasteiger partial charge in [-0.3, -0.25) is 0 Å². The molecule has 2 fully saturated rings. The lowest BCUT2D eigenvalue weighted by atomic mass is 9.82. The predicted molar refractivity (Wildman–Crippen MR) is 118 cm³/mol. The zero-order valence-electron chi connectivity index (χ0n) is 16.2. The zero-order valence-corrected chi connectivity index (χ0v) is 17.8. The monoisotopic (exact) mass is 418 g/mol. The molecule has 4 heteroatoms. The summed E-state index contributed by atoms with van der Waals surface area (Å²) >= 11 is 0. The molecule has 4 unspecified atom stereocenters. The lowest BCUT2D eigenvalue weighted by molar-refractivity contribution is 0.216. The predicted octanol–water partition coefficient (Wildman–Crippen LogP) is 7.98. The minimum absolute atomic E-state index is 0.228. The highest BCUT2D eigenvalue weighted by Gasteiger charge is 2.44. The first-order valence-corrected chi connectivity index (χ1v) is 12.5. The molecule has 0 bridgehead atoms. The maximum atomic E-state index is 14.5. The maximum absolute atomic E-state index is 14.5. The summed E-state index contributed by atoms with van der Waals surface area (Å²) in [6, 6.07) is 20.8. The highest BCUT2D eigenvalue weighted by atomic mass is 33.1. The molecule has 28 heavy (non-hydrogen) atoms. The normalized spacial score (nSPS) is 33.5. The van der Waals surface area contributed by atoms with Crippen molar-refractivity contribution in [3.8, 4) is 0 Å². The molecule has 0 aromatic heterocycles. The number of halogens is 2. The molecule has 0 nitrogen and oxygen atoms in total. The van der Waals surface area contributed by atoms with Crippen LogP contribution >= 0.6 is 21.6 Å². The van der Waals surface area contributed by atoms with E-state index in [0.29, 0.717) is 25.7 Å². The van der Waals surface area contributed by atoms with E-state index < -0.39 is 12.3 Å². The van der Waals surface area contributed by atoms with Crippen LogP contribution in [0.4, 0.5) is 8.78 Å². The summed E-state index contributed by atoms with van der Waals surface area (Å²) < 4.78 is 28.6. The second kappa shape index (κ2) is 8.79. The van der Waals surface area contributed by atoms with Crippen LogP contribution in [0.5, 0.6) is 0 Å². The van der Waals surface area contributed by atoms with E-state index in [-0.39, 0.29) is 9.49 Å². The molecular weight excluding hydrogens is 390 g/mol. The van der Waals surface area contributed by atoms with E-state index in [4.69, 9.17) is 0 Å². The van der Waals surface area contributed by atoms with Crippen molar-refractivity contribution in [2.24, 2.45) is 0 Å². The van der Waals surface area contributed by atoms with Crippen LogP contribution in [-0.4, -0.2) is 12.3 Å². The smallest absolute Gasteiger partial charge is 0.102 e. The summed E-state index contributed by atoms with van der Waals surface area (Å²) in [6.45, 7) is 0. The van der Waals surface area contributed by atoms with Crippen molar-refractivity contribution in [3.63, 3.8) is 0 Å². The molecule has 0 spiro atoms. The fourth-order valence-electron chi connectivity index (χ4n) is 4.76. The van der Waals surface area contributed by atoms with Crippen LogP contribution in [0, 0.1) is 0 Å². The first-order valence-electron chi connectivity index (χ1n) is 10.4. The van der Waals surface area contributed by atoms with Crippen LogP contribution in [0.2, 0.25) is 0 Å². The summed E-state index contributed by atoms with van der Waals surface area (Å²) in [7, 11) is 3.63. The third kappa shape index (κ3) is 4.28. The van der Waals surface area contributed by atoms with Gasteiger partial charge in [-0.15, -0.1) is 0 Å². The second-order valence-electron chi connectivity index (χ2n) is 8.27. The van der Waals surface area contributed by atoms with E-state index in [0.717, 1.165) is 25.7 Å². The van der Waals surface area contributed by atoms with Gasteiger partial charge in [-0.2, -0.15) is 0 Å². The quantitative estimate of drug-likeness (QED) is 0.451. The maximum Gasteiger partial charge on any atom is 0.102 e. The third-order valence-electron chi connectivity index (χ3n) is 6.26. The first-order chi connectivity index (χ1) is 13.6. The van der Waals surface area contributed by atoms with Crippen molar-refractivity contribution in [1.82, 2.24) is 0 Å². The number of benzene rings is 2. The molecular formula is C24H28F2S2. The van der Waals surface area contributed by atoms with Gasteiger partial charge in [-0.1, -0.05) is 82.3 Å². The summed E-state index contributed by atoms with van der Waals surface area (Å²) in [5.74, 6) is 0. The Morgan fingerprint density at radius 3 is 1.39 bits per heavy atom. The fraction of sp³-hybridized carbons (Fsp3) is 0.500. The summed E-state index contributed by atoms with van der Waals surface area (Å²) in [5.41, 5.74) is 2.43. The third-order valence-corrected chi connectivity index (χ3v) is 10.4. The van der Waals surface area contributed by atoms with Crippen LogP contribution in [0.3, 0.4) is 0 Å². The first kappa shape index (κ1) is 20.3. The Kier molecular flexibility index (Phi) is 6.37. The van der Waals surface area contributed by atoms with Crippen molar-refractivity contribution < 1.29 is 8.78 Å². The molecule has 2 aliphatic rings. The Morgan fingerprint density at radius 2 is 1.04 bits per heavy atom. The van der Waals surface area contributed by atoms with E-state index in [2.05, 4.69) is 48.5 Å². The van der Waals surface area contributed by atoms with Crippen molar-refractivity contribution >= 4 is 21.6 Å². The van der Waals surface area contributed by atoms with Gasteiger partial charge >= 0.3 is 0 Å². The lowest BCUT2D eigenvalue weighted by Gasteiger charge is -2.43. The van der Waals surface area contributed by atoms with Crippen molar-refractivity contribution in [3.05, 3.63) is 71.8 Å². The SMILES string of the molecule is FC1CCCC(SSC2(c3ccccc3)CCCC(F)C2)(c2ccccc2)C1. The van der Waals surface area contributed by atoms with Crippen LogP contribution in [0.25, 0.3) is 0 Å². The Bertz CT molecular complexity index is 688. The molecule has 0 N–H and O–H groups in total. The van der Waals surface area contributed by atoms with Gasteiger partial charge in [-0.05, 0) is 62.5 Å². The van der Waals surface area contributed by atoms with Crippen LogP contribution in [0.1, 0.15) is 62.5 Å². The molecule has 2 aliphatic carbocycles. The van der Waals surface area contributed by atoms with Crippen LogP contribution in [0.15, 0.2) is 60.7 Å². The topological polar surface area (TPSA) is 0 Å². The average molecular weight is 419 g/mol. The Labute approximate surface area is 175 Å². The molecule has 0 radical (unpaired) electrons. The van der Waals surface area contributed by atoms with Gasteiger partial charge in [0.2, 0.25) is 0 Å². The molecule has 4 rings (SSSR count). The van der Waals surface area contributed by atoms with Gasteiger partial charge in [0.15, 0.2) is 0 Å². The van der Waals surface area contributed by atoms with Crippen LogP contribution < -0.4 is 0 Å². The molecule has 2 aromatic rings. The zero-order chi connectivity index (χ0) is 19.5. The van der Waals surface area contributed by atoms with Gasteiger partial charge in [-0.25, -0.2) is 8.78 Å². The van der Waals surface area contributed by atoms with E-state index >= 15 is 0 Å². The number of alkyl halides is 2. The van der Waals surface area contributed by atoms with E-state index in [1.807, 2.05) is 33.7 Å². The minimum atomic E-state index is -0.755. The molecule has 2 saturated carbocycles. The molecule has 0 heterocycles. The summed E-state index contributed by atoms with van der Waals surface area (Å²) in [5, 5.41) is 0. The molecule has 150 valence electrons. The highest BCUT2D eigenvalue weighted by Crippen LogP contribution is 2.61.